The molecule has 7 heteroatoms. The largest absolute Gasteiger partial charge is 0.471 e. The number of unbranched alkanes of at least 4 members (excludes halogenated alkanes) is 1. The number of carbonyl (C=O) groups excluding carboxylic acids is 1. The Hall–Kier alpha value is -0.820. The van der Waals surface area contributed by atoms with E-state index < -0.39 is 12.1 Å². The first-order valence-electron chi connectivity index (χ1n) is 6.15. The summed E-state index contributed by atoms with van der Waals surface area (Å²) in [5.41, 5.74) is 0. The van der Waals surface area contributed by atoms with Crippen molar-refractivity contribution in [1.29, 1.82) is 0 Å². The number of halogens is 3. The highest BCUT2D eigenvalue weighted by Crippen LogP contribution is 2.13. The monoisotopic (exact) mass is 267 g/mol. The van der Waals surface area contributed by atoms with Gasteiger partial charge in [-0.05, 0) is 26.4 Å². The number of nitrogens with zero attached hydrogens (tertiary/aromatic N) is 2. The van der Waals surface area contributed by atoms with Crippen LogP contribution in [0, 0.1) is 0 Å². The van der Waals surface area contributed by atoms with E-state index in [2.05, 4.69) is 16.8 Å². The minimum Gasteiger partial charge on any atom is -0.348 e. The van der Waals surface area contributed by atoms with Gasteiger partial charge in [-0.2, -0.15) is 13.2 Å². The molecule has 1 N–H and O–H groups in total. The predicted molar refractivity (Wildman–Crippen MR) is 62.2 cm³/mol. The average Bonchev–Trinajstić information content (AvgIpc) is 2.29. The molecule has 1 fully saturated rings. The molecule has 0 saturated carbocycles. The zero-order valence-corrected chi connectivity index (χ0v) is 10.6. The van der Waals surface area contributed by atoms with Gasteiger partial charge in [-0.1, -0.05) is 0 Å². The van der Waals surface area contributed by atoms with E-state index in [1.807, 2.05) is 5.32 Å². The average molecular weight is 267 g/mol. The lowest BCUT2D eigenvalue weighted by Crippen LogP contribution is -2.44. The fourth-order valence-corrected chi connectivity index (χ4v) is 1.83. The van der Waals surface area contributed by atoms with E-state index in [-0.39, 0.29) is 6.54 Å². The molecule has 1 aliphatic heterocycles. The van der Waals surface area contributed by atoms with Gasteiger partial charge < -0.3 is 15.1 Å². The van der Waals surface area contributed by atoms with Gasteiger partial charge in [0.15, 0.2) is 0 Å². The molecule has 1 heterocycles. The fourth-order valence-electron chi connectivity index (χ4n) is 1.83. The smallest absolute Gasteiger partial charge is 0.348 e. The summed E-state index contributed by atoms with van der Waals surface area (Å²) < 4.78 is 35.6. The topological polar surface area (TPSA) is 35.6 Å². The van der Waals surface area contributed by atoms with Gasteiger partial charge in [0.05, 0.1) is 0 Å². The molecule has 1 rings (SSSR count). The Balaban J connectivity index is 2.01. The van der Waals surface area contributed by atoms with Gasteiger partial charge in [-0.3, -0.25) is 4.79 Å². The molecule has 4 nitrogen and oxygen atoms in total. The molecule has 0 aromatic heterocycles. The van der Waals surface area contributed by atoms with Crippen molar-refractivity contribution in [2.75, 3.05) is 46.3 Å². The Kier molecular flexibility index (Phi) is 5.87. The van der Waals surface area contributed by atoms with E-state index in [9.17, 15) is 18.0 Å². The zero-order valence-electron chi connectivity index (χ0n) is 10.6. The summed E-state index contributed by atoms with van der Waals surface area (Å²) in [6.07, 6.45) is -3.38. The van der Waals surface area contributed by atoms with E-state index in [0.717, 1.165) is 39.1 Å². The lowest BCUT2D eigenvalue weighted by atomic mass is 10.2. The molecule has 0 aromatic rings. The van der Waals surface area contributed by atoms with Crippen LogP contribution in [0.2, 0.25) is 0 Å². The van der Waals surface area contributed by atoms with Crippen molar-refractivity contribution in [1.82, 2.24) is 15.1 Å². The van der Waals surface area contributed by atoms with E-state index in [1.54, 1.807) is 0 Å². The predicted octanol–water partition coefficient (Wildman–Crippen LogP) is 0.692. The van der Waals surface area contributed by atoms with Crippen molar-refractivity contribution in [3.8, 4) is 0 Å². The highest BCUT2D eigenvalue weighted by Gasteiger charge is 2.38. The van der Waals surface area contributed by atoms with Gasteiger partial charge in [-0.25, -0.2) is 0 Å². The SMILES string of the molecule is CN1CCN(CCCCNC(=O)C(F)(F)F)CC1. The summed E-state index contributed by atoms with van der Waals surface area (Å²) in [5.74, 6) is -1.85. The van der Waals surface area contributed by atoms with Crippen LogP contribution in [0.4, 0.5) is 13.2 Å². The van der Waals surface area contributed by atoms with Crippen LogP contribution >= 0.6 is 0 Å². The van der Waals surface area contributed by atoms with Gasteiger partial charge in [0, 0.05) is 32.7 Å². The second-order valence-corrected chi connectivity index (χ2v) is 4.61. The van der Waals surface area contributed by atoms with Crippen molar-refractivity contribution in [2.45, 2.75) is 19.0 Å². The van der Waals surface area contributed by atoms with E-state index >= 15 is 0 Å². The maximum absolute atomic E-state index is 11.9. The number of hydrogen-bond acceptors (Lipinski definition) is 3. The molecule has 0 aromatic carbocycles. The zero-order chi connectivity index (χ0) is 13.6. The van der Waals surface area contributed by atoms with Crippen molar-refractivity contribution in [3.63, 3.8) is 0 Å². The van der Waals surface area contributed by atoms with Crippen LogP contribution in [0.15, 0.2) is 0 Å². The van der Waals surface area contributed by atoms with E-state index in [4.69, 9.17) is 0 Å². The molecule has 0 unspecified atom stereocenters. The highest BCUT2D eigenvalue weighted by molar-refractivity contribution is 5.81. The molecular formula is C11H20F3N3O. The molecule has 18 heavy (non-hydrogen) atoms. The quantitative estimate of drug-likeness (QED) is 0.745. The van der Waals surface area contributed by atoms with Crippen LogP contribution in [0.5, 0.6) is 0 Å². The first-order valence-corrected chi connectivity index (χ1v) is 6.15. The van der Waals surface area contributed by atoms with Crippen molar-refractivity contribution < 1.29 is 18.0 Å². The second kappa shape index (κ2) is 6.94. The Labute approximate surface area is 105 Å². The summed E-state index contributed by atoms with van der Waals surface area (Å²) in [5, 5.41) is 1.88. The molecular weight excluding hydrogens is 247 g/mol. The van der Waals surface area contributed by atoms with Crippen LogP contribution in [0.25, 0.3) is 0 Å². The van der Waals surface area contributed by atoms with Crippen LogP contribution in [0.3, 0.4) is 0 Å². The van der Waals surface area contributed by atoms with Crippen LogP contribution in [-0.2, 0) is 4.79 Å². The molecule has 0 bridgehead atoms. The summed E-state index contributed by atoms with van der Waals surface area (Å²) in [6.45, 7) is 5.05. The van der Waals surface area contributed by atoms with Crippen LogP contribution in [-0.4, -0.2) is 68.2 Å². The lowest BCUT2D eigenvalue weighted by Gasteiger charge is -2.32. The van der Waals surface area contributed by atoms with Crippen molar-refractivity contribution in [3.05, 3.63) is 0 Å². The number of likely N-dealkylation sites (N-methyl/N-ethyl adjacent to an activating group) is 1. The van der Waals surface area contributed by atoms with Gasteiger partial charge in [0.25, 0.3) is 0 Å². The highest BCUT2D eigenvalue weighted by atomic mass is 19.4. The Bertz CT molecular complexity index is 263. The first kappa shape index (κ1) is 15.2. The third-order valence-electron chi connectivity index (χ3n) is 3.04. The Morgan fingerprint density at radius 2 is 1.78 bits per heavy atom. The van der Waals surface area contributed by atoms with Gasteiger partial charge in [0.1, 0.15) is 0 Å². The number of nitrogens with one attached hydrogen (secondary N) is 1. The number of rotatable bonds is 5. The van der Waals surface area contributed by atoms with Crippen molar-refractivity contribution in [2.24, 2.45) is 0 Å². The minimum absolute atomic E-state index is 0.0894. The summed E-state index contributed by atoms with van der Waals surface area (Å²) >= 11 is 0. The number of piperazine rings is 1. The summed E-state index contributed by atoms with van der Waals surface area (Å²) in [4.78, 5) is 15.1. The lowest BCUT2D eigenvalue weighted by molar-refractivity contribution is -0.173. The molecule has 0 radical (unpaired) electrons. The minimum atomic E-state index is -4.77. The normalized spacial score (nSPS) is 18.9. The van der Waals surface area contributed by atoms with Gasteiger partial charge >= 0.3 is 12.1 Å². The van der Waals surface area contributed by atoms with Crippen LogP contribution in [0.1, 0.15) is 12.8 Å². The molecule has 1 amide bonds. The Morgan fingerprint density at radius 3 is 2.33 bits per heavy atom. The number of carbonyl (C=O) groups is 1. The van der Waals surface area contributed by atoms with Crippen molar-refractivity contribution >= 4 is 5.91 Å². The second-order valence-electron chi connectivity index (χ2n) is 4.61. The van der Waals surface area contributed by atoms with Gasteiger partial charge in [-0.15, -0.1) is 0 Å². The third-order valence-corrected chi connectivity index (χ3v) is 3.04. The molecule has 0 atom stereocenters. The maximum Gasteiger partial charge on any atom is 0.471 e. The third kappa shape index (κ3) is 5.68. The number of alkyl halides is 3. The first-order chi connectivity index (χ1) is 8.39. The van der Waals surface area contributed by atoms with E-state index in [1.165, 1.54) is 0 Å². The van der Waals surface area contributed by atoms with Crippen LogP contribution < -0.4 is 5.32 Å². The molecule has 106 valence electrons. The maximum atomic E-state index is 11.9. The number of amides is 1. The molecule has 1 aliphatic rings. The standard InChI is InChI=1S/C11H20F3N3O/c1-16-6-8-17(9-7-16)5-3-2-4-15-10(18)11(12,13)14/h2-9H2,1H3,(H,15,18). The molecule has 0 spiro atoms. The number of hydrogen-bond donors (Lipinski definition) is 1. The Morgan fingerprint density at radius 1 is 1.17 bits per heavy atom. The molecule has 1 saturated heterocycles. The van der Waals surface area contributed by atoms with E-state index in [0.29, 0.717) is 6.42 Å². The summed E-state index contributed by atoms with van der Waals surface area (Å²) in [7, 11) is 2.07. The molecule has 0 aliphatic carbocycles. The van der Waals surface area contributed by atoms with Gasteiger partial charge in [0.2, 0.25) is 0 Å². The summed E-state index contributed by atoms with van der Waals surface area (Å²) in [6, 6.07) is 0. The fraction of sp³-hybridized carbons (Fsp3) is 0.909.